The Hall–Kier alpha value is -2.86. The Morgan fingerprint density at radius 2 is 1.97 bits per heavy atom. The molecule has 1 saturated heterocycles. The molecule has 3 aromatic rings. The van der Waals surface area contributed by atoms with Crippen LogP contribution in [0, 0.1) is 12.7 Å². The topological polar surface area (TPSA) is 54.7 Å². The zero-order valence-corrected chi connectivity index (χ0v) is 16.5. The van der Waals surface area contributed by atoms with E-state index < -0.39 is 0 Å². The van der Waals surface area contributed by atoms with E-state index >= 15 is 0 Å². The number of carbonyl (C=O) groups excluding carboxylic acids is 1. The highest BCUT2D eigenvalue weighted by Gasteiger charge is 2.18. The highest BCUT2D eigenvalue weighted by atomic mass is 19.1. The average Bonchev–Trinajstić information content (AvgIpc) is 3.37. The van der Waals surface area contributed by atoms with Crippen molar-refractivity contribution in [2.24, 2.45) is 0 Å². The van der Waals surface area contributed by atoms with E-state index in [2.05, 4.69) is 5.32 Å². The second-order valence-electron chi connectivity index (χ2n) is 7.38. The molecule has 0 saturated carbocycles. The van der Waals surface area contributed by atoms with Gasteiger partial charge in [0.2, 0.25) is 0 Å². The van der Waals surface area contributed by atoms with Gasteiger partial charge in [0.15, 0.2) is 6.61 Å². The van der Waals surface area contributed by atoms with Crippen LogP contribution in [0.1, 0.15) is 29.7 Å². The van der Waals surface area contributed by atoms with Gasteiger partial charge in [-0.25, -0.2) is 4.39 Å². The monoisotopic (exact) mass is 396 g/mol. The molecule has 0 unspecified atom stereocenters. The van der Waals surface area contributed by atoms with Gasteiger partial charge in [-0.2, -0.15) is 0 Å². The maximum absolute atomic E-state index is 13.5. The smallest absolute Gasteiger partial charge is 0.260 e. The molecule has 0 atom stereocenters. The number of nitrogens with one attached hydrogen (secondary N) is 1. The van der Waals surface area contributed by atoms with Gasteiger partial charge in [-0.05, 0) is 49.6 Å². The van der Waals surface area contributed by atoms with Gasteiger partial charge in [0.05, 0.1) is 6.54 Å². The first-order chi connectivity index (χ1) is 14.1. The first kappa shape index (κ1) is 19.5. The predicted octanol–water partition coefficient (Wildman–Crippen LogP) is 4.17. The molecule has 4 rings (SSSR count). The van der Waals surface area contributed by atoms with Gasteiger partial charge in [0, 0.05) is 30.6 Å². The maximum Gasteiger partial charge on any atom is 0.260 e. The van der Waals surface area contributed by atoms with Crippen LogP contribution in [0.5, 0.6) is 5.75 Å². The molecule has 1 aliphatic heterocycles. The van der Waals surface area contributed by atoms with Gasteiger partial charge in [-0.3, -0.25) is 4.79 Å². The van der Waals surface area contributed by atoms with Crippen LogP contribution in [0.15, 0.2) is 46.9 Å². The third-order valence-electron chi connectivity index (χ3n) is 5.38. The Labute approximate surface area is 169 Å². The molecule has 0 bridgehead atoms. The lowest BCUT2D eigenvalue weighted by Gasteiger charge is -2.17. The second-order valence-corrected chi connectivity index (χ2v) is 7.38. The van der Waals surface area contributed by atoms with E-state index in [1.165, 1.54) is 12.1 Å². The number of ether oxygens (including phenoxy) is 1. The standard InChI is InChI=1S/C23H25FN2O3/c1-16-19-12-18(24)8-9-21(19)29-22(16)14-25-13-17-6-2-3-7-20(17)28-15-23(27)26-10-4-5-11-26/h2-3,6-9,12,25H,4-5,10-11,13-15H2,1H3. The molecule has 0 spiro atoms. The van der Waals surface area contributed by atoms with Crippen molar-refractivity contribution < 1.29 is 18.3 Å². The van der Waals surface area contributed by atoms with Crippen molar-refractivity contribution in [3.8, 4) is 5.75 Å². The number of benzene rings is 2. The van der Waals surface area contributed by atoms with Gasteiger partial charge >= 0.3 is 0 Å². The number of likely N-dealkylation sites (tertiary alicyclic amines) is 1. The summed E-state index contributed by atoms with van der Waals surface area (Å²) in [7, 11) is 0. The summed E-state index contributed by atoms with van der Waals surface area (Å²) in [6.45, 7) is 4.73. The minimum atomic E-state index is -0.268. The molecule has 1 N–H and O–H groups in total. The molecule has 2 heterocycles. The molecule has 0 radical (unpaired) electrons. The van der Waals surface area contributed by atoms with Crippen molar-refractivity contribution in [2.45, 2.75) is 32.9 Å². The van der Waals surface area contributed by atoms with Crippen molar-refractivity contribution in [3.05, 3.63) is 65.2 Å². The largest absolute Gasteiger partial charge is 0.483 e. The molecule has 29 heavy (non-hydrogen) atoms. The third-order valence-corrected chi connectivity index (χ3v) is 5.38. The van der Waals surface area contributed by atoms with Crippen molar-refractivity contribution in [2.75, 3.05) is 19.7 Å². The van der Waals surface area contributed by atoms with Crippen molar-refractivity contribution >= 4 is 16.9 Å². The Morgan fingerprint density at radius 3 is 2.79 bits per heavy atom. The van der Waals surface area contributed by atoms with Crippen LogP contribution in [0.3, 0.4) is 0 Å². The number of fused-ring (bicyclic) bond motifs is 1. The molecular weight excluding hydrogens is 371 g/mol. The molecule has 1 aromatic heterocycles. The van der Waals surface area contributed by atoms with Gasteiger partial charge in [-0.1, -0.05) is 18.2 Å². The van der Waals surface area contributed by atoms with E-state index in [1.807, 2.05) is 36.1 Å². The fourth-order valence-corrected chi connectivity index (χ4v) is 3.71. The first-order valence-electron chi connectivity index (χ1n) is 9.98. The number of amides is 1. The van der Waals surface area contributed by atoms with Crippen LogP contribution >= 0.6 is 0 Å². The van der Waals surface area contributed by atoms with Gasteiger partial charge in [-0.15, -0.1) is 0 Å². The summed E-state index contributed by atoms with van der Waals surface area (Å²) in [4.78, 5) is 14.1. The van der Waals surface area contributed by atoms with Crippen LogP contribution < -0.4 is 10.1 Å². The van der Waals surface area contributed by atoms with E-state index in [0.717, 1.165) is 48.2 Å². The lowest BCUT2D eigenvalue weighted by Crippen LogP contribution is -2.32. The minimum Gasteiger partial charge on any atom is -0.483 e. The zero-order chi connectivity index (χ0) is 20.2. The molecule has 6 heteroatoms. The van der Waals surface area contributed by atoms with Gasteiger partial charge in [0.25, 0.3) is 5.91 Å². The van der Waals surface area contributed by atoms with E-state index in [9.17, 15) is 9.18 Å². The fourth-order valence-electron chi connectivity index (χ4n) is 3.71. The van der Waals surface area contributed by atoms with Crippen LogP contribution in [0.25, 0.3) is 11.0 Å². The minimum absolute atomic E-state index is 0.0374. The Kier molecular flexibility index (Phi) is 5.81. The molecule has 0 aliphatic carbocycles. The molecule has 5 nitrogen and oxygen atoms in total. The maximum atomic E-state index is 13.5. The average molecular weight is 396 g/mol. The summed E-state index contributed by atoms with van der Waals surface area (Å²) in [5.41, 5.74) is 2.60. The fraction of sp³-hybridized carbons (Fsp3) is 0.348. The van der Waals surface area contributed by atoms with Crippen molar-refractivity contribution in [1.82, 2.24) is 10.2 Å². The van der Waals surface area contributed by atoms with E-state index in [1.54, 1.807) is 6.07 Å². The quantitative estimate of drug-likeness (QED) is 0.651. The summed E-state index contributed by atoms with van der Waals surface area (Å²) >= 11 is 0. The van der Waals surface area contributed by atoms with E-state index in [-0.39, 0.29) is 18.3 Å². The second kappa shape index (κ2) is 8.66. The highest BCUT2D eigenvalue weighted by Crippen LogP contribution is 2.26. The van der Waals surface area contributed by atoms with Crippen LogP contribution in [-0.4, -0.2) is 30.5 Å². The normalized spacial score (nSPS) is 13.9. The number of hydrogen-bond acceptors (Lipinski definition) is 4. The number of furan rings is 1. The van der Waals surface area contributed by atoms with Crippen molar-refractivity contribution in [1.29, 1.82) is 0 Å². The summed E-state index contributed by atoms with van der Waals surface area (Å²) in [5.74, 6) is 1.26. The molecule has 1 aliphatic rings. The Bertz CT molecular complexity index is 1010. The number of carbonyl (C=O) groups is 1. The Morgan fingerprint density at radius 1 is 1.17 bits per heavy atom. The lowest BCUT2D eigenvalue weighted by molar-refractivity contribution is -0.132. The Balaban J connectivity index is 1.36. The molecule has 152 valence electrons. The third kappa shape index (κ3) is 4.43. The molecule has 2 aromatic carbocycles. The van der Waals surface area contributed by atoms with Crippen LogP contribution in [0.2, 0.25) is 0 Å². The molecule has 1 amide bonds. The molecule has 1 fully saturated rings. The zero-order valence-electron chi connectivity index (χ0n) is 16.5. The molecular formula is C23H25FN2O3. The summed E-state index contributed by atoms with van der Waals surface area (Å²) in [5, 5.41) is 4.15. The van der Waals surface area contributed by atoms with Gasteiger partial charge in [0.1, 0.15) is 22.9 Å². The number of rotatable bonds is 7. The lowest BCUT2D eigenvalue weighted by atomic mass is 10.1. The van der Waals surface area contributed by atoms with E-state index in [4.69, 9.17) is 9.15 Å². The first-order valence-corrected chi connectivity index (χ1v) is 9.98. The SMILES string of the molecule is Cc1c(CNCc2ccccc2OCC(=O)N2CCCC2)oc2ccc(F)cc12. The number of hydrogen-bond donors (Lipinski definition) is 1. The number of para-hydroxylation sites is 1. The van der Waals surface area contributed by atoms with Crippen LogP contribution in [-0.2, 0) is 17.9 Å². The van der Waals surface area contributed by atoms with Crippen LogP contribution in [0.4, 0.5) is 4.39 Å². The highest BCUT2D eigenvalue weighted by molar-refractivity contribution is 5.82. The predicted molar refractivity (Wildman–Crippen MR) is 109 cm³/mol. The summed E-state index contributed by atoms with van der Waals surface area (Å²) in [6.07, 6.45) is 2.14. The number of nitrogens with zero attached hydrogens (tertiary/aromatic N) is 1. The van der Waals surface area contributed by atoms with Gasteiger partial charge < -0.3 is 19.4 Å². The summed E-state index contributed by atoms with van der Waals surface area (Å²) < 4.78 is 25.1. The number of aryl methyl sites for hydroxylation is 1. The summed E-state index contributed by atoms with van der Waals surface area (Å²) in [6, 6.07) is 12.3. The van der Waals surface area contributed by atoms with E-state index in [0.29, 0.717) is 24.4 Å². The van der Waals surface area contributed by atoms with Crippen molar-refractivity contribution in [3.63, 3.8) is 0 Å². The number of halogens is 1.